The van der Waals surface area contributed by atoms with Gasteiger partial charge in [-0.05, 0) is 43.2 Å². The zero-order valence-corrected chi connectivity index (χ0v) is 15.5. The number of carbonyl (C=O) groups excluding carboxylic acids is 1. The number of benzene rings is 1. The fraction of sp³-hybridized carbons (Fsp3) is 0.350. The quantitative estimate of drug-likeness (QED) is 0.695. The highest BCUT2D eigenvalue weighted by Crippen LogP contribution is 2.29. The van der Waals surface area contributed by atoms with Gasteiger partial charge in [0.05, 0.1) is 6.04 Å². The van der Waals surface area contributed by atoms with E-state index in [0.717, 1.165) is 42.8 Å². The van der Waals surface area contributed by atoms with Crippen molar-refractivity contribution in [2.75, 3.05) is 13.1 Å². The molecule has 0 saturated carbocycles. The Morgan fingerprint density at radius 3 is 3.00 bits per heavy atom. The molecule has 0 unspecified atom stereocenters. The predicted octanol–water partition coefficient (Wildman–Crippen LogP) is 4.12. The molecule has 0 bridgehead atoms. The number of likely N-dealkylation sites (tertiary alicyclic amines) is 1. The van der Waals surface area contributed by atoms with Crippen LogP contribution in [-0.2, 0) is 6.42 Å². The minimum atomic E-state index is 0.0319. The van der Waals surface area contributed by atoms with E-state index < -0.39 is 0 Å². The molecule has 0 radical (unpaired) electrons. The Morgan fingerprint density at radius 1 is 1.31 bits per heavy atom. The van der Waals surface area contributed by atoms with E-state index >= 15 is 0 Å². The van der Waals surface area contributed by atoms with E-state index in [-0.39, 0.29) is 11.9 Å². The lowest BCUT2D eigenvalue weighted by Gasteiger charge is -2.19. The number of halogens is 1. The molecule has 0 aliphatic carbocycles. The Bertz CT molecular complexity index is 952. The summed E-state index contributed by atoms with van der Waals surface area (Å²) in [5, 5.41) is 0.585. The highest BCUT2D eigenvalue weighted by Gasteiger charge is 2.30. The van der Waals surface area contributed by atoms with Crippen molar-refractivity contribution in [1.29, 1.82) is 0 Å². The molecular weight excluding hydrogens is 348 g/mol. The molecule has 4 rings (SSSR count). The van der Waals surface area contributed by atoms with Crippen molar-refractivity contribution >= 4 is 28.7 Å². The van der Waals surface area contributed by atoms with E-state index in [0.29, 0.717) is 17.1 Å². The summed E-state index contributed by atoms with van der Waals surface area (Å²) >= 11 is 6.04. The van der Waals surface area contributed by atoms with Crippen molar-refractivity contribution in [1.82, 2.24) is 19.4 Å². The minimum Gasteiger partial charge on any atom is -0.336 e. The summed E-state index contributed by atoms with van der Waals surface area (Å²) in [5.41, 5.74) is 2.48. The lowest BCUT2D eigenvalue weighted by atomic mass is 10.2. The number of carbonyl (C=O) groups is 1. The monoisotopic (exact) mass is 368 g/mol. The molecule has 3 aromatic rings. The SMILES string of the molecule is CCCc1nc2cccnc2n1[C@H]1CCN(C(=O)c2cccc(Cl)c2)C1. The second-order valence-corrected chi connectivity index (χ2v) is 7.13. The molecular formula is C20H21ClN4O. The number of amides is 1. The number of pyridine rings is 1. The van der Waals surface area contributed by atoms with Crippen LogP contribution in [0.15, 0.2) is 42.6 Å². The third kappa shape index (κ3) is 3.07. The van der Waals surface area contributed by atoms with Crippen LogP contribution in [0.1, 0.15) is 42.0 Å². The van der Waals surface area contributed by atoms with Crippen LogP contribution in [0.3, 0.4) is 0 Å². The van der Waals surface area contributed by atoms with Crippen LogP contribution < -0.4 is 0 Å². The van der Waals surface area contributed by atoms with Crippen LogP contribution in [0.4, 0.5) is 0 Å². The first-order valence-corrected chi connectivity index (χ1v) is 9.42. The smallest absolute Gasteiger partial charge is 0.253 e. The number of hydrogen-bond acceptors (Lipinski definition) is 3. The molecule has 1 aliphatic rings. The summed E-state index contributed by atoms with van der Waals surface area (Å²) in [5.74, 6) is 1.09. The average Bonchev–Trinajstić information content (AvgIpc) is 3.25. The van der Waals surface area contributed by atoms with Gasteiger partial charge in [-0.2, -0.15) is 0 Å². The molecule has 1 aliphatic heterocycles. The van der Waals surface area contributed by atoms with Crippen molar-refractivity contribution in [2.45, 2.75) is 32.2 Å². The third-order valence-electron chi connectivity index (χ3n) is 4.88. The minimum absolute atomic E-state index is 0.0319. The lowest BCUT2D eigenvalue weighted by molar-refractivity contribution is 0.0787. The number of fused-ring (bicyclic) bond motifs is 1. The molecule has 0 spiro atoms. The van der Waals surface area contributed by atoms with E-state index in [1.807, 2.05) is 29.2 Å². The third-order valence-corrected chi connectivity index (χ3v) is 5.12. The lowest BCUT2D eigenvalue weighted by Crippen LogP contribution is -2.29. The molecule has 6 heteroatoms. The fourth-order valence-corrected chi connectivity index (χ4v) is 3.89. The van der Waals surface area contributed by atoms with Crippen LogP contribution in [0.25, 0.3) is 11.2 Å². The summed E-state index contributed by atoms with van der Waals surface area (Å²) in [6.45, 7) is 3.55. The highest BCUT2D eigenvalue weighted by atomic mass is 35.5. The van der Waals surface area contributed by atoms with E-state index in [1.54, 1.807) is 18.3 Å². The van der Waals surface area contributed by atoms with Gasteiger partial charge in [-0.1, -0.05) is 24.6 Å². The van der Waals surface area contributed by atoms with E-state index in [4.69, 9.17) is 16.6 Å². The molecule has 2 aromatic heterocycles. The topological polar surface area (TPSA) is 51.0 Å². The van der Waals surface area contributed by atoms with Gasteiger partial charge in [0.1, 0.15) is 11.3 Å². The molecule has 5 nitrogen and oxygen atoms in total. The van der Waals surface area contributed by atoms with Crippen molar-refractivity contribution in [3.63, 3.8) is 0 Å². The zero-order valence-electron chi connectivity index (χ0n) is 14.7. The summed E-state index contributed by atoms with van der Waals surface area (Å²) in [6.07, 6.45) is 4.65. The molecule has 1 saturated heterocycles. The van der Waals surface area contributed by atoms with Crippen molar-refractivity contribution in [3.8, 4) is 0 Å². The Balaban J connectivity index is 1.62. The van der Waals surface area contributed by atoms with Gasteiger partial charge in [-0.3, -0.25) is 4.79 Å². The number of hydrogen-bond donors (Lipinski definition) is 0. The molecule has 1 amide bonds. The zero-order chi connectivity index (χ0) is 18.1. The first-order valence-electron chi connectivity index (χ1n) is 9.04. The van der Waals surface area contributed by atoms with E-state index in [2.05, 4.69) is 16.5 Å². The van der Waals surface area contributed by atoms with Crippen molar-refractivity contribution < 1.29 is 4.79 Å². The van der Waals surface area contributed by atoms with Gasteiger partial charge in [-0.15, -0.1) is 0 Å². The second-order valence-electron chi connectivity index (χ2n) is 6.70. The second kappa shape index (κ2) is 7.08. The van der Waals surface area contributed by atoms with E-state index in [1.165, 1.54) is 0 Å². The van der Waals surface area contributed by atoms with Crippen molar-refractivity contribution in [3.05, 3.63) is 59.0 Å². The standard InChI is InChI=1S/C20H21ClN4O/c1-2-5-18-23-17-8-4-10-22-19(17)25(18)16-9-11-24(13-16)20(26)14-6-3-7-15(21)12-14/h3-4,6-8,10,12,16H,2,5,9,11,13H2,1H3/t16-/m0/s1. The van der Waals surface area contributed by atoms with Crippen LogP contribution in [0.2, 0.25) is 5.02 Å². The Kier molecular flexibility index (Phi) is 4.64. The van der Waals surface area contributed by atoms with Crippen molar-refractivity contribution in [2.24, 2.45) is 0 Å². The maximum atomic E-state index is 12.8. The van der Waals surface area contributed by atoms with Gasteiger partial charge in [0.25, 0.3) is 5.91 Å². The van der Waals surface area contributed by atoms with Gasteiger partial charge < -0.3 is 9.47 Å². The van der Waals surface area contributed by atoms with Crippen LogP contribution in [0.5, 0.6) is 0 Å². The summed E-state index contributed by atoms with van der Waals surface area (Å²) < 4.78 is 2.24. The number of rotatable bonds is 4. The number of aromatic nitrogens is 3. The number of aryl methyl sites for hydroxylation is 1. The van der Waals surface area contributed by atoms with Gasteiger partial charge in [-0.25, -0.2) is 9.97 Å². The Hall–Kier alpha value is -2.40. The number of imidazole rings is 1. The normalized spacial score (nSPS) is 17.2. The largest absolute Gasteiger partial charge is 0.336 e. The molecule has 1 aromatic carbocycles. The summed E-state index contributed by atoms with van der Waals surface area (Å²) in [6, 6.07) is 11.3. The highest BCUT2D eigenvalue weighted by molar-refractivity contribution is 6.30. The first-order chi connectivity index (χ1) is 12.7. The van der Waals surface area contributed by atoms with Gasteiger partial charge >= 0.3 is 0 Å². The summed E-state index contributed by atoms with van der Waals surface area (Å²) in [7, 11) is 0. The van der Waals surface area contributed by atoms with Gasteiger partial charge in [0.2, 0.25) is 0 Å². The Labute approximate surface area is 157 Å². The van der Waals surface area contributed by atoms with Crippen LogP contribution in [-0.4, -0.2) is 38.4 Å². The molecule has 134 valence electrons. The number of nitrogens with zero attached hydrogens (tertiary/aromatic N) is 4. The first kappa shape index (κ1) is 17.0. The van der Waals surface area contributed by atoms with Gasteiger partial charge in [0.15, 0.2) is 5.65 Å². The fourth-order valence-electron chi connectivity index (χ4n) is 3.70. The van der Waals surface area contributed by atoms with Crippen LogP contribution >= 0.6 is 11.6 Å². The van der Waals surface area contributed by atoms with Crippen LogP contribution in [0, 0.1) is 0 Å². The van der Waals surface area contributed by atoms with E-state index in [9.17, 15) is 4.79 Å². The maximum Gasteiger partial charge on any atom is 0.253 e. The average molecular weight is 369 g/mol. The summed E-state index contributed by atoms with van der Waals surface area (Å²) in [4.78, 5) is 24.0. The molecule has 1 atom stereocenters. The predicted molar refractivity (Wildman–Crippen MR) is 103 cm³/mol. The molecule has 1 fully saturated rings. The molecule has 0 N–H and O–H groups in total. The Morgan fingerprint density at radius 2 is 2.19 bits per heavy atom. The molecule has 26 heavy (non-hydrogen) atoms. The van der Waals surface area contributed by atoms with Gasteiger partial charge in [0, 0.05) is 36.3 Å². The maximum absolute atomic E-state index is 12.8. The molecule has 3 heterocycles.